The van der Waals surface area contributed by atoms with Crippen LogP contribution in [0.3, 0.4) is 0 Å². The van der Waals surface area contributed by atoms with Crippen LogP contribution in [-0.4, -0.2) is 31.2 Å². The molecule has 2 nitrogen and oxygen atoms in total. The Morgan fingerprint density at radius 1 is 1.67 bits per heavy atom. The number of nitrogens with zero attached hydrogens (tertiary/aromatic N) is 1. The first-order chi connectivity index (χ1) is 4.34. The topological polar surface area (TPSA) is 15.3 Å². The highest BCUT2D eigenvalue weighted by Crippen LogP contribution is 2.10. The van der Waals surface area contributed by atoms with Crippen molar-refractivity contribution in [3.05, 3.63) is 0 Å². The van der Waals surface area contributed by atoms with E-state index >= 15 is 0 Å². The summed E-state index contributed by atoms with van der Waals surface area (Å²) in [4.78, 5) is 2.38. The Bertz CT molecular complexity index is 83.0. The van der Waals surface area contributed by atoms with E-state index in [-0.39, 0.29) is 0 Å². The van der Waals surface area contributed by atoms with Gasteiger partial charge in [-0.1, -0.05) is 6.92 Å². The zero-order valence-corrected chi connectivity index (χ0v) is 6.35. The SMILES string of the molecule is CCNC1CCCN1C. The van der Waals surface area contributed by atoms with E-state index in [1.807, 2.05) is 0 Å². The van der Waals surface area contributed by atoms with Crippen LogP contribution in [0.5, 0.6) is 0 Å². The second-order valence-electron chi connectivity index (χ2n) is 2.70. The predicted molar refractivity (Wildman–Crippen MR) is 39.3 cm³/mol. The van der Waals surface area contributed by atoms with Gasteiger partial charge >= 0.3 is 0 Å². The summed E-state index contributed by atoms with van der Waals surface area (Å²) < 4.78 is 0. The van der Waals surface area contributed by atoms with Crippen molar-refractivity contribution in [3.8, 4) is 0 Å². The van der Waals surface area contributed by atoms with Gasteiger partial charge in [-0.3, -0.25) is 4.90 Å². The minimum atomic E-state index is 0.662. The summed E-state index contributed by atoms with van der Waals surface area (Å²) in [6.07, 6.45) is 3.34. The standard InChI is InChI=1S/C7H16N2/c1-3-8-7-5-4-6-9(7)2/h7-8H,3-6H2,1-2H3. The smallest absolute Gasteiger partial charge is 0.0594 e. The molecule has 0 saturated carbocycles. The summed E-state index contributed by atoms with van der Waals surface area (Å²) in [6.45, 7) is 4.51. The number of likely N-dealkylation sites (tertiary alicyclic amines) is 1. The molecule has 1 unspecified atom stereocenters. The molecule has 0 aromatic carbocycles. The molecule has 1 N–H and O–H groups in total. The van der Waals surface area contributed by atoms with Crippen molar-refractivity contribution in [2.75, 3.05) is 20.1 Å². The van der Waals surface area contributed by atoms with E-state index in [9.17, 15) is 0 Å². The van der Waals surface area contributed by atoms with Gasteiger partial charge in [0.15, 0.2) is 0 Å². The van der Waals surface area contributed by atoms with E-state index in [0.717, 1.165) is 6.54 Å². The van der Waals surface area contributed by atoms with Crippen molar-refractivity contribution in [2.45, 2.75) is 25.9 Å². The predicted octanol–water partition coefficient (Wildman–Crippen LogP) is 0.648. The van der Waals surface area contributed by atoms with Gasteiger partial charge in [0.05, 0.1) is 6.17 Å². The van der Waals surface area contributed by atoms with Crippen molar-refractivity contribution in [1.29, 1.82) is 0 Å². The lowest BCUT2D eigenvalue weighted by Gasteiger charge is -2.19. The van der Waals surface area contributed by atoms with Gasteiger partial charge in [0.25, 0.3) is 0 Å². The van der Waals surface area contributed by atoms with E-state index in [4.69, 9.17) is 0 Å². The Morgan fingerprint density at radius 3 is 2.89 bits per heavy atom. The Balaban J connectivity index is 2.22. The first kappa shape index (κ1) is 7.03. The largest absolute Gasteiger partial charge is 0.302 e. The van der Waals surface area contributed by atoms with Crippen LogP contribution in [0.4, 0.5) is 0 Å². The summed E-state index contributed by atoms with van der Waals surface area (Å²) in [6, 6.07) is 0. The van der Waals surface area contributed by atoms with Crippen LogP contribution < -0.4 is 5.32 Å². The van der Waals surface area contributed by atoms with E-state index < -0.39 is 0 Å². The number of rotatable bonds is 2. The van der Waals surface area contributed by atoms with E-state index in [1.54, 1.807) is 0 Å². The first-order valence-electron chi connectivity index (χ1n) is 3.78. The molecule has 1 fully saturated rings. The Hall–Kier alpha value is -0.0800. The molecule has 9 heavy (non-hydrogen) atoms. The van der Waals surface area contributed by atoms with Crippen LogP contribution in [0, 0.1) is 0 Å². The molecule has 1 atom stereocenters. The third kappa shape index (κ3) is 1.66. The Morgan fingerprint density at radius 2 is 2.44 bits per heavy atom. The molecule has 0 amide bonds. The van der Waals surface area contributed by atoms with Crippen LogP contribution in [0.1, 0.15) is 19.8 Å². The average Bonchev–Trinajstić information content (AvgIpc) is 2.18. The summed E-state index contributed by atoms with van der Waals surface area (Å²) in [7, 11) is 2.18. The van der Waals surface area contributed by atoms with Crippen molar-refractivity contribution in [1.82, 2.24) is 10.2 Å². The van der Waals surface area contributed by atoms with Gasteiger partial charge in [0, 0.05) is 0 Å². The monoisotopic (exact) mass is 128 g/mol. The highest BCUT2D eigenvalue weighted by molar-refractivity contribution is 4.72. The number of hydrogen-bond donors (Lipinski definition) is 1. The number of hydrogen-bond acceptors (Lipinski definition) is 2. The zero-order valence-electron chi connectivity index (χ0n) is 6.35. The van der Waals surface area contributed by atoms with Gasteiger partial charge in [-0.05, 0) is 33.0 Å². The van der Waals surface area contributed by atoms with Crippen molar-refractivity contribution < 1.29 is 0 Å². The molecule has 0 aromatic heterocycles. The summed E-state index contributed by atoms with van der Waals surface area (Å²) in [5.74, 6) is 0. The second kappa shape index (κ2) is 3.18. The molecular weight excluding hydrogens is 112 g/mol. The van der Waals surface area contributed by atoms with Crippen LogP contribution in [0.25, 0.3) is 0 Å². The van der Waals surface area contributed by atoms with Gasteiger partial charge in [-0.2, -0.15) is 0 Å². The lowest BCUT2D eigenvalue weighted by Crippen LogP contribution is -2.38. The van der Waals surface area contributed by atoms with Crippen molar-refractivity contribution >= 4 is 0 Å². The highest BCUT2D eigenvalue weighted by atomic mass is 15.3. The third-order valence-corrected chi connectivity index (χ3v) is 1.96. The van der Waals surface area contributed by atoms with Crippen LogP contribution in [0.2, 0.25) is 0 Å². The van der Waals surface area contributed by atoms with Crippen LogP contribution >= 0.6 is 0 Å². The third-order valence-electron chi connectivity index (χ3n) is 1.96. The molecule has 0 bridgehead atoms. The molecule has 1 rings (SSSR count). The number of nitrogens with one attached hydrogen (secondary N) is 1. The molecule has 54 valence electrons. The molecule has 1 aliphatic heterocycles. The van der Waals surface area contributed by atoms with Gasteiger partial charge in [-0.25, -0.2) is 0 Å². The summed E-state index contributed by atoms with van der Waals surface area (Å²) >= 11 is 0. The maximum atomic E-state index is 3.42. The van der Waals surface area contributed by atoms with Gasteiger partial charge in [-0.15, -0.1) is 0 Å². The molecule has 1 aliphatic rings. The van der Waals surface area contributed by atoms with E-state index in [1.165, 1.54) is 19.4 Å². The maximum Gasteiger partial charge on any atom is 0.0594 e. The maximum absolute atomic E-state index is 3.42. The van der Waals surface area contributed by atoms with Gasteiger partial charge < -0.3 is 5.32 Å². The van der Waals surface area contributed by atoms with E-state index in [2.05, 4.69) is 24.2 Å². The van der Waals surface area contributed by atoms with Crippen LogP contribution in [0.15, 0.2) is 0 Å². The van der Waals surface area contributed by atoms with Crippen molar-refractivity contribution in [3.63, 3.8) is 0 Å². The van der Waals surface area contributed by atoms with Crippen molar-refractivity contribution in [2.24, 2.45) is 0 Å². The summed E-state index contributed by atoms with van der Waals surface area (Å²) in [5.41, 5.74) is 0. The second-order valence-corrected chi connectivity index (χ2v) is 2.70. The lowest BCUT2D eigenvalue weighted by atomic mass is 10.3. The van der Waals surface area contributed by atoms with E-state index in [0.29, 0.717) is 6.17 Å². The van der Waals surface area contributed by atoms with Gasteiger partial charge in [0.2, 0.25) is 0 Å². The normalized spacial score (nSPS) is 29.3. The fourth-order valence-corrected chi connectivity index (χ4v) is 1.40. The molecule has 0 spiro atoms. The fourth-order valence-electron chi connectivity index (χ4n) is 1.40. The lowest BCUT2D eigenvalue weighted by molar-refractivity contribution is 0.269. The molecular formula is C7H16N2. The Labute approximate surface area is 57.2 Å². The summed E-state index contributed by atoms with van der Waals surface area (Å²) in [5, 5.41) is 3.42. The molecule has 1 heterocycles. The van der Waals surface area contributed by atoms with Gasteiger partial charge in [0.1, 0.15) is 0 Å². The molecule has 2 heteroatoms. The molecule has 1 saturated heterocycles. The quantitative estimate of drug-likeness (QED) is 0.587. The molecule has 0 aromatic rings. The minimum absolute atomic E-state index is 0.662. The zero-order chi connectivity index (χ0) is 6.69. The fraction of sp³-hybridized carbons (Fsp3) is 1.00. The van der Waals surface area contributed by atoms with Crippen LogP contribution in [-0.2, 0) is 0 Å². The average molecular weight is 128 g/mol. The Kier molecular flexibility index (Phi) is 2.49. The highest BCUT2D eigenvalue weighted by Gasteiger charge is 2.18. The minimum Gasteiger partial charge on any atom is -0.302 e. The molecule has 0 aliphatic carbocycles. The first-order valence-corrected chi connectivity index (χ1v) is 3.78. The molecule has 0 radical (unpaired) electrons.